The van der Waals surface area contributed by atoms with Crippen molar-refractivity contribution in [2.75, 3.05) is 5.75 Å². The summed E-state index contributed by atoms with van der Waals surface area (Å²) in [6, 6.07) is 28.1. The molecule has 0 unspecified atom stereocenters. The Balaban J connectivity index is 1.33. The summed E-state index contributed by atoms with van der Waals surface area (Å²) >= 11 is 7.32. The molecule has 0 saturated heterocycles. The lowest BCUT2D eigenvalue weighted by Crippen LogP contribution is -2.20. The smallest absolute Gasteiger partial charge is 0.250 e. The molecule has 9 heteroatoms. The Kier molecular flexibility index (Phi) is 6.97. The molecule has 0 bridgehead atoms. The standard InChI is InChI=1S/C27H20ClN5O2S/c28-20-11-13-21(14-12-20)33-26(19-7-2-1-3-8-19)31-32-27(33)36-17-25(35)30-29-16-23-22-9-5-4-6-18(22)10-15-24(23)34/h1-16,34H,17H2,(H,30,35)/b29-16+. The fraction of sp³-hybridized carbons (Fsp3) is 0.0370. The first kappa shape index (κ1) is 23.6. The minimum absolute atomic E-state index is 0.0688. The van der Waals surface area contributed by atoms with Crippen LogP contribution in [0.25, 0.3) is 27.8 Å². The van der Waals surface area contributed by atoms with Crippen LogP contribution in [-0.2, 0) is 4.79 Å². The summed E-state index contributed by atoms with van der Waals surface area (Å²) < 4.78 is 1.89. The molecular weight excluding hydrogens is 494 g/mol. The molecule has 0 aliphatic rings. The first-order valence-corrected chi connectivity index (χ1v) is 12.4. The average Bonchev–Trinajstić information content (AvgIpc) is 3.33. The van der Waals surface area contributed by atoms with E-state index in [0.717, 1.165) is 22.0 Å². The Hall–Kier alpha value is -4.14. The average molecular weight is 514 g/mol. The minimum atomic E-state index is -0.317. The second-order valence-electron chi connectivity index (χ2n) is 7.79. The number of hydrogen-bond donors (Lipinski definition) is 2. The van der Waals surface area contributed by atoms with Crippen LogP contribution in [0.1, 0.15) is 5.56 Å². The molecule has 5 aromatic rings. The van der Waals surface area contributed by atoms with Crippen LogP contribution < -0.4 is 5.43 Å². The number of hydrogen-bond acceptors (Lipinski definition) is 6. The number of aromatic nitrogens is 3. The van der Waals surface area contributed by atoms with Gasteiger partial charge in [0.25, 0.3) is 5.91 Å². The van der Waals surface area contributed by atoms with E-state index in [9.17, 15) is 9.90 Å². The van der Waals surface area contributed by atoms with Gasteiger partial charge in [0.1, 0.15) is 5.75 Å². The van der Waals surface area contributed by atoms with Crippen molar-refractivity contribution in [1.29, 1.82) is 0 Å². The molecular formula is C27H20ClN5O2S. The third-order valence-corrected chi connectivity index (χ3v) is 6.59. The van der Waals surface area contributed by atoms with Crippen LogP contribution in [0.5, 0.6) is 5.75 Å². The van der Waals surface area contributed by atoms with E-state index in [1.807, 2.05) is 77.4 Å². The topological polar surface area (TPSA) is 92.4 Å². The highest BCUT2D eigenvalue weighted by atomic mass is 35.5. The fourth-order valence-electron chi connectivity index (χ4n) is 3.71. The molecule has 5 rings (SSSR count). The van der Waals surface area contributed by atoms with Crippen LogP contribution in [0.15, 0.2) is 101 Å². The lowest BCUT2D eigenvalue weighted by atomic mass is 10.0. The van der Waals surface area contributed by atoms with Crippen molar-refractivity contribution in [2.45, 2.75) is 5.16 Å². The van der Waals surface area contributed by atoms with Gasteiger partial charge in [-0.15, -0.1) is 10.2 Å². The van der Waals surface area contributed by atoms with Crippen LogP contribution in [-0.4, -0.2) is 37.7 Å². The van der Waals surface area contributed by atoms with E-state index in [2.05, 4.69) is 20.7 Å². The first-order chi connectivity index (χ1) is 17.6. The van der Waals surface area contributed by atoms with Crippen LogP contribution in [0, 0.1) is 0 Å². The molecule has 0 aliphatic heterocycles. The van der Waals surface area contributed by atoms with Gasteiger partial charge in [-0.2, -0.15) is 5.10 Å². The summed E-state index contributed by atoms with van der Waals surface area (Å²) in [6.45, 7) is 0. The van der Waals surface area contributed by atoms with Gasteiger partial charge < -0.3 is 5.11 Å². The quantitative estimate of drug-likeness (QED) is 0.166. The number of carbonyl (C=O) groups is 1. The summed E-state index contributed by atoms with van der Waals surface area (Å²) in [6.07, 6.45) is 1.45. The number of rotatable bonds is 7. The molecule has 0 aliphatic carbocycles. The number of fused-ring (bicyclic) bond motifs is 1. The zero-order valence-electron chi connectivity index (χ0n) is 18.9. The number of hydrazone groups is 1. The Morgan fingerprint density at radius 2 is 1.72 bits per heavy atom. The van der Waals surface area contributed by atoms with Gasteiger partial charge in [0.15, 0.2) is 11.0 Å². The molecule has 36 heavy (non-hydrogen) atoms. The van der Waals surface area contributed by atoms with E-state index in [-0.39, 0.29) is 17.4 Å². The van der Waals surface area contributed by atoms with Crippen molar-refractivity contribution >= 4 is 46.3 Å². The van der Waals surface area contributed by atoms with Crippen molar-refractivity contribution in [3.63, 3.8) is 0 Å². The van der Waals surface area contributed by atoms with E-state index in [1.54, 1.807) is 18.2 Å². The van der Waals surface area contributed by atoms with Gasteiger partial charge in [0, 0.05) is 21.8 Å². The van der Waals surface area contributed by atoms with Gasteiger partial charge in [-0.3, -0.25) is 9.36 Å². The molecule has 0 atom stereocenters. The van der Waals surface area contributed by atoms with E-state index in [0.29, 0.717) is 21.6 Å². The molecule has 0 saturated carbocycles. The van der Waals surface area contributed by atoms with Crippen molar-refractivity contribution in [2.24, 2.45) is 5.10 Å². The maximum atomic E-state index is 12.5. The molecule has 178 valence electrons. The lowest BCUT2D eigenvalue weighted by molar-refractivity contribution is -0.118. The van der Waals surface area contributed by atoms with Gasteiger partial charge >= 0.3 is 0 Å². The maximum absolute atomic E-state index is 12.5. The Morgan fingerprint density at radius 3 is 2.53 bits per heavy atom. The number of amides is 1. The van der Waals surface area contributed by atoms with Gasteiger partial charge in [0.2, 0.25) is 0 Å². The van der Waals surface area contributed by atoms with Crippen LogP contribution in [0.2, 0.25) is 5.02 Å². The third-order valence-electron chi connectivity index (χ3n) is 5.41. The predicted octanol–water partition coefficient (Wildman–Crippen LogP) is 5.69. The number of nitrogens with zero attached hydrogens (tertiary/aromatic N) is 4. The van der Waals surface area contributed by atoms with Crippen molar-refractivity contribution in [3.8, 4) is 22.8 Å². The van der Waals surface area contributed by atoms with Crippen LogP contribution in [0.4, 0.5) is 0 Å². The van der Waals surface area contributed by atoms with Crippen molar-refractivity contribution < 1.29 is 9.90 Å². The molecule has 4 aromatic carbocycles. The summed E-state index contributed by atoms with van der Waals surface area (Å²) in [5, 5.41) is 26.0. The van der Waals surface area contributed by atoms with E-state index in [4.69, 9.17) is 11.6 Å². The zero-order valence-corrected chi connectivity index (χ0v) is 20.4. The largest absolute Gasteiger partial charge is 0.507 e. The van der Waals surface area contributed by atoms with E-state index < -0.39 is 0 Å². The van der Waals surface area contributed by atoms with Crippen LogP contribution in [0.3, 0.4) is 0 Å². The summed E-state index contributed by atoms with van der Waals surface area (Å²) in [7, 11) is 0. The fourth-order valence-corrected chi connectivity index (χ4v) is 4.58. The molecule has 0 spiro atoms. The minimum Gasteiger partial charge on any atom is -0.507 e. The second-order valence-corrected chi connectivity index (χ2v) is 9.16. The van der Waals surface area contributed by atoms with Gasteiger partial charge in [-0.25, -0.2) is 5.43 Å². The molecule has 1 aromatic heterocycles. The Labute approximate surface area is 216 Å². The summed E-state index contributed by atoms with van der Waals surface area (Å²) in [5.74, 6) is 0.498. The zero-order chi connectivity index (χ0) is 24.9. The lowest BCUT2D eigenvalue weighted by Gasteiger charge is -2.10. The van der Waals surface area contributed by atoms with Gasteiger partial charge in [-0.1, -0.05) is 84.0 Å². The number of halogens is 1. The number of phenols is 1. The number of benzene rings is 4. The Morgan fingerprint density at radius 1 is 0.972 bits per heavy atom. The molecule has 1 heterocycles. The van der Waals surface area contributed by atoms with Crippen molar-refractivity contribution in [1.82, 2.24) is 20.2 Å². The monoisotopic (exact) mass is 513 g/mol. The molecule has 1 amide bonds. The third kappa shape index (κ3) is 5.10. The maximum Gasteiger partial charge on any atom is 0.250 e. The first-order valence-electron chi connectivity index (χ1n) is 11.0. The van der Waals surface area contributed by atoms with Crippen molar-refractivity contribution in [3.05, 3.63) is 102 Å². The molecule has 0 radical (unpaired) electrons. The SMILES string of the molecule is O=C(CSc1nnc(-c2ccccc2)n1-c1ccc(Cl)cc1)N/N=C/c1c(O)ccc2ccccc12. The number of carbonyl (C=O) groups excluding carboxylic acids is 1. The van der Waals surface area contributed by atoms with Crippen LogP contribution >= 0.6 is 23.4 Å². The highest BCUT2D eigenvalue weighted by Gasteiger charge is 2.17. The van der Waals surface area contributed by atoms with Gasteiger partial charge in [-0.05, 0) is 41.1 Å². The number of nitrogens with one attached hydrogen (secondary N) is 1. The highest BCUT2D eigenvalue weighted by molar-refractivity contribution is 7.99. The summed E-state index contributed by atoms with van der Waals surface area (Å²) in [5.41, 5.74) is 4.79. The number of thioether (sulfide) groups is 1. The molecule has 0 fully saturated rings. The number of phenolic OH excluding ortho intramolecular Hbond substituents is 1. The number of aromatic hydroxyl groups is 1. The second kappa shape index (κ2) is 10.6. The predicted molar refractivity (Wildman–Crippen MR) is 144 cm³/mol. The van der Waals surface area contributed by atoms with E-state index in [1.165, 1.54) is 18.0 Å². The molecule has 7 nitrogen and oxygen atoms in total. The Bertz CT molecular complexity index is 1550. The highest BCUT2D eigenvalue weighted by Crippen LogP contribution is 2.29. The normalized spacial score (nSPS) is 11.2. The summed E-state index contributed by atoms with van der Waals surface area (Å²) in [4.78, 5) is 12.5. The molecule has 2 N–H and O–H groups in total. The van der Waals surface area contributed by atoms with Gasteiger partial charge in [0.05, 0.1) is 12.0 Å². The van der Waals surface area contributed by atoms with E-state index >= 15 is 0 Å².